The number of rotatable bonds is 6. The molecule has 70 valence electrons. The van der Waals surface area contributed by atoms with Crippen molar-refractivity contribution in [2.24, 2.45) is 11.8 Å². The van der Waals surface area contributed by atoms with Gasteiger partial charge in [0.25, 0.3) is 0 Å². The number of nitrogens with one attached hydrogen (secondary N) is 2. The summed E-state index contributed by atoms with van der Waals surface area (Å²) in [5.74, 6) is 1.27. The van der Waals surface area contributed by atoms with Crippen LogP contribution in [0.2, 0.25) is 0 Å². The Bertz CT molecular complexity index is 137. The number of hydrogen-bond donors (Lipinski definition) is 2. The van der Waals surface area contributed by atoms with E-state index in [2.05, 4.69) is 30.6 Å². The molecule has 0 heterocycles. The number of nitriles is 1. The van der Waals surface area contributed by atoms with Crippen molar-refractivity contribution >= 4 is 0 Å². The number of hydrogen-bond acceptors (Lipinski definition) is 3. The molecule has 3 nitrogen and oxygen atoms in total. The van der Waals surface area contributed by atoms with Crippen molar-refractivity contribution in [2.45, 2.75) is 13.8 Å². The van der Waals surface area contributed by atoms with Crippen molar-refractivity contribution in [1.82, 2.24) is 10.6 Å². The van der Waals surface area contributed by atoms with Gasteiger partial charge >= 0.3 is 0 Å². The zero-order valence-corrected chi connectivity index (χ0v) is 8.22. The third-order valence-corrected chi connectivity index (χ3v) is 2.02. The Morgan fingerprint density at radius 3 is 2.42 bits per heavy atom. The van der Waals surface area contributed by atoms with Crippen LogP contribution in [0.1, 0.15) is 13.8 Å². The van der Waals surface area contributed by atoms with Crippen LogP contribution < -0.4 is 10.6 Å². The molecule has 3 heteroatoms. The van der Waals surface area contributed by atoms with Gasteiger partial charge in [-0.3, -0.25) is 0 Å². The third-order valence-electron chi connectivity index (χ3n) is 2.02. The summed E-state index contributed by atoms with van der Waals surface area (Å²) in [6.07, 6.45) is 0. The van der Waals surface area contributed by atoms with Crippen LogP contribution in [0.5, 0.6) is 0 Å². The molecule has 0 saturated carbocycles. The first-order valence-corrected chi connectivity index (χ1v) is 4.44. The van der Waals surface area contributed by atoms with Crippen LogP contribution in [-0.4, -0.2) is 26.7 Å². The lowest BCUT2D eigenvalue weighted by Crippen LogP contribution is -2.33. The van der Waals surface area contributed by atoms with Crippen LogP contribution in [0.15, 0.2) is 0 Å². The van der Waals surface area contributed by atoms with Crippen LogP contribution in [0, 0.1) is 23.2 Å². The minimum atomic E-state index is 0.451. The van der Waals surface area contributed by atoms with Gasteiger partial charge in [0.1, 0.15) is 0 Å². The Labute approximate surface area is 75.2 Å². The molecule has 12 heavy (non-hydrogen) atoms. The zero-order chi connectivity index (χ0) is 9.40. The molecule has 0 aromatic heterocycles. The van der Waals surface area contributed by atoms with Gasteiger partial charge < -0.3 is 10.6 Å². The van der Waals surface area contributed by atoms with E-state index in [-0.39, 0.29) is 0 Å². The summed E-state index contributed by atoms with van der Waals surface area (Å²) in [6, 6.07) is 2.07. The second-order valence-electron chi connectivity index (χ2n) is 3.35. The summed E-state index contributed by atoms with van der Waals surface area (Å²) in [5.41, 5.74) is 0. The van der Waals surface area contributed by atoms with E-state index < -0.39 is 0 Å². The Morgan fingerprint density at radius 1 is 1.33 bits per heavy atom. The Hall–Kier alpha value is -0.590. The van der Waals surface area contributed by atoms with E-state index in [4.69, 9.17) is 5.26 Å². The standard InChI is InChI=1S/C9H19N3/c1-8(2)9(6-11-3)7-12-5-4-10/h8-9,11-12H,5-7H2,1-3H3. The van der Waals surface area contributed by atoms with Gasteiger partial charge in [0, 0.05) is 6.54 Å². The molecular formula is C9H19N3. The third kappa shape index (κ3) is 5.11. The zero-order valence-electron chi connectivity index (χ0n) is 8.22. The van der Waals surface area contributed by atoms with Crippen molar-refractivity contribution in [1.29, 1.82) is 5.26 Å². The van der Waals surface area contributed by atoms with Crippen LogP contribution in [0.3, 0.4) is 0 Å². The van der Waals surface area contributed by atoms with Gasteiger partial charge in [-0.25, -0.2) is 0 Å². The van der Waals surface area contributed by atoms with Crippen molar-refractivity contribution in [3.63, 3.8) is 0 Å². The van der Waals surface area contributed by atoms with Crippen LogP contribution >= 0.6 is 0 Å². The minimum absolute atomic E-state index is 0.451. The fourth-order valence-corrected chi connectivity index (χ4v) is 1.12. The lowest BCUT2D eigenvalue weighted by Gasteiger charge is -2.20. The van der Waals surface area contributed by atoms with Crippen molar-refractivity contribution < 1.29 is 0 Å². The maximum Gasteiger partial charge on any atom is 0.0841 e. The first kappa shape index (κ1) is 11.4. The predicted molar refractivity (Wildman–Crippen MR) is 50.7 cm³/mol. The van der Waals surface area contributed by atoms with E-state index in [1.54, 1.807) is 0 Å². The second-order valence-corrected chi connectivity index (χ2v) is 3.35. The van der Waals surface area contributed by atoms with Crippen molar-refractivity contribution in [3.05, 3.63) is 0 Å². The smallest absolute Gasteiger partial charge is 0.0841 e. The average molecular weight is 169 g/mol. The van der Waals surface area contributed by atoms with E-state index in [1.807, 2.05) is 7.05 Å². The Kier molecular flexibility index (Phi) is 6.73. The van der Waals surface area contributed by atoms with Gasteiger partial charge in [0.05, 0.1) is 12.6 Å². The lowest BCUT2D eigenvalue weighted by molar-refractivity contribution is 0.358. The average Bonchev–Trinajstić information content (AvgIpc) is 2.03. The monoisotopic (exact) mass is 169 g/mol. The maximum absolute atomic E-state index is 8.32. The second kappa shape index (κ2) is 7.08. The quantitative estimate of drug-likeness (QED) is 0.452. The SMILES string of the molecule is CNCC(CNCC#N)C(C)C. The highest BCUT2D eigenvalue weighted by molar-refractivity contribution is 4.75. The molecule has 0 aromatic rings. The fraction of sp³-hybridized carbons (Fsp3) is 0.889. The molecule has 0 bridgehead atoms. The van der Waals surface area contributed by atoms with Crippen molar-refractivity contribution in [2.75, 3.05) is 26.7 Å². The molecule has 0 aliphatic heterocycles. The summed E-state index contributed by atoms with van der Waals surface area (Å²) < 4.78 is 0. The summed E-state index contributed by atoms with van der Waals surface area (Å²) in [4.78, 5) is 0. The largest absolute Gasteiger partial charge is 0.319 e. The van der Waals surface area contributed by atoms with Gasteiger partial charge in [0.2, 0.25) is 0 Å². The predicted octanol–water partition coefficient (Wildman–Crippen LogP) is 0.591. The molecule has 0 aliphatic rings. The topological polar surface area (TPSA) is 47.8 Å². The molecule has 1 unspecified atom stereocenters. The Morgan fingerprint density at radius 2 is 2.00 bits per heavy atom. The molecule has 0 amide bonds. The summed E-state index contributed by atoms with van der Waals surface area (Å²) >= 11 is 0. The van der Waals surface area contributed by atoms with E-state index in [0.29, 0.717) is 18.4 Å². The van der Waals surface area contributed by atoms with Gasteiger partial charge in [-0.15, -0.1) is 0 Å². The highest BCUT2D eigenvalue weighted by Gasteiger charge is 2.10. The van der Waals surface area contributed by atoms with Gasteiger partial charge in [-0.1, -0.05) is 13.8 Å². The molecular weight excluding hydrogens is 150 g/mol. The number of nitrogens with zero attached hydrogens (tertiary/aromatic N) is 1. The Balaban J connectivity index is 3.57. The van der Waals surface area contributed by atoms with Crippen molar-refractivity contribution in [3.8, 4) is 6.07 Å². The van der Waals surface area contributed by atoms with E-state index in [0.717, 1.165) is 13.1 Å². The van der Waals surface area contributed by atoms with E-state index in [9.17, 15) is 0 Å². The molecule has 0 spiro atoms. The van der Waals surface area contributed by atoms with E-state index >= 15 is 0 Å². The van der Waals surface area contributed by atoms with Gasteiger partial charge in [0.15, 0.2) is 0 Å². The molecule has 0 radical (unpaired) electrons. The molecule has 0 saturated heterocycles. The van der Waals surface area contributed by atoms with Gasteiger partial charge in [-0.05, 0) is 25.4 Å². The minimum Gasteiger partial charge on any atom is -0.319 e. The first-order valence-electron chi connectivity index (χ1n) is 4.44. The van der Waals surface area contributed by atoms with E-state index in [1.165, 1.54) is 0 Å². The fourth-order valence-electron chi connectivity index (χ4n) is 1.12. The maximum atomic E-state index is 8.32. The van der Waals surface area contributed by atoms with Crippen LogP contribution in [0.4, 0.5) is 0 Å². The summed E-state index contributed by atoms with van der Waals surface area (Å²) in [7, 11) is 1.96. The molecule has 0 aliphatic carbocycles. The van der Waals surface area contributed by atoms with Crippen LogP contribution in [0.25, 0.3) is 0 Å². The normalized spacial score (nSPS) is 12.9. The highest BCUT2D eigenvalue weighted by atomic mass is 14.9. The summed E-state index contributed by atoms with van der Waals surface area (Å²) in [5, 5.41) is 14.6. The first-order chi connectivity index (χ1) is 5.72. The highest BCUT2D eigenvalue weighted by Crippen LogP contribution is 2.07. The molecule has 1 atom stereocenters. The molecule has 2 N–H and O–H groups in total. The summed E-state index contributed by atoms with van der Waals surface area (Å²) in [6.45, 7) is 6.79. The molecule has 0 fully saturated rings. The molecule has 0 aromatic carbocycles. The van der Waals surface area contributed by atoms with Crippen LogP contribution in [-0.2, 0) is 0 Å². The lowest BCUT2D eigenvalue weighted by atomic mass is 9.96. The molecule has 0 rings (SSSR count). The van der Waals surface area contributed by atoms with Gasteiger partial charge in [-0.2, -0.15) is 5.26 Å².